The molecule has 0 radical (unpaired) electrons. The molecule has 1 aliphatic rings. The smallest absolute Gasteiger partial charge is 0.338 e. The summed E-state index contributed by atoms with van der Waals surface area (Å²) in [6.45, 7) is 0. The molecule has 92 valence electrons. The number of benzene rings is 1. The van der Waals surface area contributed by atoms with E-state index in [0.717, 1.165) is 16.7 Å². The van der Waals surface area contributed by atoms with E-state index >= 15 is 0 Å². The Morgan fingerprint density at radius 2 is 2.17 bits per heavy atom. The van der Waals surface area contributed by atoms with Crippen LogP contribution in [0.25, 0.3) is 10.9 Å². The van der Waals surface area contributed by atoms with Gasteiger partial charge in [-0.25, -0.2) is 9.78 Å². The van der Waals surface area contributed by atoms with Gasteiger partial charge in [0.05, 0.1) is 18.2 Å². The Morgan fingerprint density at radius 3 is 2.89 bits per heavy atom. The van der Waals surface area contributed by atoms with Crippen molar-refractivity contribution in [3.05, 3.63) is 35.9 Å². The van der Waals surface area contributed by atoms with E-state index in [-0.39, 0.29) is 5.97 Å². The number of nitrogens with zero attached hydrogens (tertiary/aromatic N) is 1. The molecule has 4 heteroatoms. The molecule has 0 aliphatic heterocycles. The second-order valence-corrected chi connectivity index (χ2v) is 4.48. The highest BCUT2D eigenvalue weighted by Crippen LogP contribution is 2.25. The van der Waals surface area contributed by atoms with Crippen LogP contribution in [0.2, 0.25) is 0 Å². The number of anilines is 1. The molecule has 1 aromatic heterocycles. The summed E-state index contributed by atoms with van der Waals surface area (Å²) in [4.78, 5) is 16.1. The van der Waals surface area contributed by atoms with Crippen molar-refractivity contribution >= 4 is 22.7 Å². The maximum Gasteiger partial charge on any atom is 0.338 e. The Bertz CT molecular complexity index is 606. The number of carbonyl (C=O) groups is 1. The summed E-state index contributed by atoms with van der Waals surface area (Å²) in [7, 11) is 1.39. The summed E-state index contributed by atoms with van der Waals surface area (Å²) >= 11 is 0. The third-order valence-corrected chi connectivity index (χ3v) is 3.07. The topological polar surface area (TPSA) is 51.2 Å². The van der Waals surface area contributed by atoms with Gasteiger partial charge in [-0.3, -0.25) is 0 Å². The van der Waals surface area contributed by atoms with E-state index in [1.807, 2.05) is 24.3 Å². The molecule has 18 heavy (non-hydrogen) atoms. The van der Waals surface area contributed by atoms with Crippen LogP contribution in [0.1, 0.15) is 23.2 Å². The van der Waals surface area contributed by atoms with Gasteiger partial charge in [0, 0.05) is 11.4 Å². The van der Waals surface area contributed by atoms with E-state index in [1.165, 1.54) is 20.0 Å². The van der Waals surface area contributed by atoms with E-state index in [4.69, 9.17) is 4.74 Å². The molecule has 0 unspecified atom stereocenters. The van der Waals surface area contributed by atoms with Crippen molar-refractivity contribution in [1.29, 1.82) is 0 Å². The van der Waals surface area contributed by atoms with Crippen molar-refractivity contribution in [1.82, 2.24) is 4.98 Å². The third kappa shape index (κ3) is 2.01. The zero-order valence-electron chi connectivity index (χ0n) is 10.1. The normalized spacial score (nSPS) is 14.5. The van der Waals surface area contributed by atoms with Gasteiger partial charge in [-0.05, 0) is 37.1 Å². The zero-order valence-corrected chi connectivity index (χ0v) is 10.1. The SMILES string of the molecule is COC(=O)c1cccc2nc(NC3CC3)ccc12. The van der Waals surface area contributed by atoms with Crippen LogP contribution in [0.5, 0.6) is 0 Å². The molecule has 1 aromatic carbocycles. The minimum Gasteiger partial charge on any atom is -0.465 e. The van der Waals surface area contributed by atoms with Crippen LogP contribution in [0.3, 0.4) is 0 Å². The molecule has 0 saturated heterocycles. The number of ether oxygens (including phenoxy) is 1. The number of rotatable bonds is 3. The summed E-state index contributed by atoms with van der Waals surface area (Å²) in [5.74, 6) is 0.539. The number of esters is 1. The number of hydrogen-bond acceptors (Lipinski definition) is 4. The Kier molecular flexibility index (Phi) is 2.63. The lowest BCUT2D eigenvalue weighted by Gasteiger charge is -2.07. The van der Waals surface area contributed by atoms with Crippen LogP contribution in [0.4, 0.5) is 5.82 Å². The van der Waals surface area contributed by atoms with Crippen LogP contribution in [-0.2, 0) is 4.74 Å². The predicted molar refractivity (Wildman–Crippen MR) is 69.7 cm³/mol. The minimum atomic E-state index is -0.328. The van der Waals surface area contributed by atoms with E-state index in [0.29, 0.717) is 11.6 Å². The van der Waals surface area contributed by atoms with Crippen molar-refractivity contribution in [2.45, 2.75) is 18.9 Å². The molecule has 4 nitrogen and oxygen atoms in total. The monoisotopic (exact) mass is 242 g/mol. The number of hydrogen-bond donors (Lipinski definition) is 1. The van der Waals surface area contributed by atoms with Crippen molar-refractivity contribution in [3.8, 4) is 0 Å². The van der Waals surface area contributed by atoms with Gasteiger partial charge in [0.25, 0.3) is 0 Å². The molecule has 1 aliphatic carbocycles. The van der Waals surface area contributed by atoms with E-state index < -0.39 is 0 Å². The summed E-state index contributed by atoms with van der Waals surface area (Å²) in [6.07, 6.45) is 2.42. The van der Waals surface area contributed by atoms with Crippen LogP contribution in [0, 0.1) is 0 Å². The molecule has 3 rings (SSSR count). The van der Waals surface area contributed by atoms with Crippen LogP contribution in [-0.4, -0.2) is 24.1 Å². The molecule has 0 atom stereocenters. The molecule has 1 N–H and O–H groups in total. The fourth-order valence-electron chi connectivity index (χ4n) is 1.96. The van der Waals surface area contributed by atoms with Crippen molar-refractivity contribution in [2.75, 3.05) is 12.4 Å². The van der Waals surface area contributed by atoms with Gasteiger partial charge < -0.3 is 10.1 Å². The second kappa shape index (κ2) is 4.29. The first-order valence-electron chi connectivity index (χ1n) is 6.02. The quantitative estimate of drug-likeness (QED) is 0.840. The molecule has 0 spiro atoms. The second-order valence-electron chi connectivity index (χ2n) is 4.48. The number of pyridine rings is 1. The maximum atomic E-state index is 11.6. The third-order valence-electron chi connectivity index (χ3n) is 3.07. The Hall–Kier alpha value is -2.10. The molecule has 1 saturated carbocycles. The molecular weight excluding hydrogens is 228 g/mol. The van der Waals surface area contributed by atoms with Crippen molar-refractivity contribution < 1.29 is 9.53 Å². The van der Waals surface area contributed by atoms with Crippen LogP contribution >= 0.6 is 0 Å². The average Bonchev–Trinajstić information content (AvgIpc) is 3.21. The first-order chi connectivity index (χ1) is 8.78. The first-order valence-corrected chi connectivity index (χ1v) is 6.02. The van der Waals surface area contributed by atoms with Crippen LogP contribution < -0.4 is 5.32 Å². The van der Waals surface area contributed by atoms with Gasteiger partial charge >= 0.3 is 5.97 Å². The van der Waals surface area contributed by atoms with Crippen molar-refractivity contribution in [2.24, 2.45) is 0 Å². The van der Waals surface area contributed by atoms with Gasteiger partial charge in [0.1, 0.15) is 5.82 Å². The average molecular weight is 242 g/mol. The molecule has 1 fully saturated rings. The molecule has 0 bridgehead atoms. The van der Waals surface area contributed by atoms with Crippen molar-refractivity contribution in [3.63, 3.8) is 0 Å². The molecule has 2 aromatic rings. The lowest BCUT2D eigenvalue weighted by Crippen LogP contribution is -2.05. The van der Waals surface area contributed by atoms with E-state index in [9.17, 15) is 4.79 Å². The molecule has 0 amide bonds. The number of aromatic nitrogens is 1. The molecule has 1 heterocycles. The highest BCUT2D eigenvalue weighted by atomic mass is 16.5. The van der Waals surface area contributed by atoms with E-state index in [2.05, 4.69) is 10.3 Å². The molecular formula is C14H14N2O2. The summed E-state index contributed by atoms with van der Waals surface area (Å²) < 4.78 is 4.77. The van der Waals surface area contributed by atoms with Gasteiger partial charge in [-0.15, -0.1) is 0 Å². The fourth-order valence-corrected chi connectivity index (χ4v) is 1.96. The zero-order chi connectivity index (χ0) is 12.5. The Morgan fingerprint density at radius 1 is 1.33 bits per heavy atom. The summed E-state index contributed by atoms with van der Waals surface area (Å²) in [6, 6.07) is 9.87. The number of fused-ring (bicyclic) bond motifs is 1. The summed E-state index contributed by atoms with van der Waals surface area (Å²) in [5.41, 5.74) is 1.36. The Balaban J connectivity index is 2.03. The summed E-state index contributed by atoms with van der Waals surface area (Å²) in [5, 5.41) is 4.17. The first kappa shape index (κ1) is 11.0. The van der Waals surface area contributed by atoms with Crippen LogP contribution in [0.15, 0.2) is 30.3 Å². The Labute approximate surface area is 105 Å². The number of nitrogens with one attached hydrogen (secondary N) is 1. The standard InChI is InChI=1S/C14H14N2O2/c1-18-14(17)11-3-2-4-12-10(11)7-8-13(16-12)15-9-5-6-9/h2-4,7-9H,5-6H2,1H3,(H,15,16). The lowest BCUT2D eigenvalue weighted by molar-refractivity contribution is 0.0603. The predicted octanol–water partition coefficient (Wildman–Crippen LogP) is 2.60. The highest BCUT2D eigenvalue weighted by molar-refractivity contribution is 6.03. The van der Waals surface area contributed by atoms with E-state index in [1.54, 1.807) is 6.07 Å². The van der Waals surface area contributed by atoms with Gasteiger partial charge in [0.15, 0.2) is 0 Å². The largest absolute Gasteiger partial charge is 0.465 e. The van der Waals surface area contributed by atoms with Gasteiger partial charge in [0.2, 0.25) is 0 Å². The maximum absolute atomic E-state index is 11.6. The minimum absolute atomic E-state index is 0.328. The van der Waals surface area contributed by atoms with Gasteiger partial charge in [-0.1, -0.05) is 6.07 Å². The fraction of sp³-hybridized carbons (Fsp3) is 0.286. The lowest BCUT2D eigenvalue weighted by atomic mass is 10.1. The number of methoxy groups -OCH3 is 1. The van der Waals surface area contributed by atoms with Gasteiger partial charge in [-0.2, -0.15) is 0 Å². The highest BCUT2D eigenvalue weighted by Gasteiger charge is 2.21. The number of carbonyl (C=O) groups excluding carboxylic acids is 1.